The van der Waals surface area contributed by atoms with Gasteiger partial charge in [-0.15, -0.1) is 0 Å². The molecule has 0 saturated carbocycles. The van der Waals surface area contributed by atoms with E-state index in [1.54, 1.807) is 0 Å². The molecule has 0 rings (SSSR count). The van der Waals surface area contributed by atoms with Gasteiger partial charge in [-0.3, -0.25) is 4.79 Å². The summed E-state index contributed by atoms with van der Waals surface area (Å²) in [5.74, 6) is 0.316. The van der Waals surface area contributed by atoms with Crippen LogP contribution < -0.4 is 0 Å². The van der Waals surface area contributed by atoms with Crippen molar-refractivity contribution >= 4 is 5.91 Å². The van der Waals surface area contributed by atoms with Crippen LogP contribution in [-0.2, 0) is 4.79 Å². The van der Waals surface area contributed by atoms with Gasteiger partial charge in [0.1, 0.15) is 0 Å². The average molecular weight is 269 g/mol. The van der Waals surface area contributed by atoms with Crippen molar-refractivity contribution in [2.24, 2.45) is 0 Å². The maximum absolute atomic E-state index is 12.2. The molecule has 1 amide bonds. The lowest BCUT2D eigenvalue weighted by molar-refractivity contribution is -0.135. The van der Waals surface area contributed by atoms with Crippen molar-refractivity contribution < 1.29 is 4.79 Å². The van der Waals surface area contributed by atoms with Gasteiger partial charge in [-0.25, -0.2) is 0 Å². The summed E-state index contributed by atoms with van der Waals surface area (Å²) in [6, 6.07) is 0. The fourth-order valence-electron chi connectivity index (χ4n) is 2.34. The second kappa shape index (κ2) is 10.3. The smallest absolute Gasteiger partial charge is 0.222 e. The number of unbranched alkanes of at least 4 members (excludes halogenated alkanes) is 6. The van der Waals surface area contributed by atoms with Gasteiger partial charge in [0.25, 0.3) is 0 Å². The Morgan fingerprint density at radius 3 is 2.00 bits per heavy atom. The fourth-order valence-corrected chi connectivity index (χ4v) is 2.34. The Kier molecular flexibility index (Phi) is 9.99. The Morgan fingerprint density at radius 1 is 0.895 bits per heavy atom. The van der Waals surface area contributed by atoms with Crippen molar-refractivity contribution in [3.63, 3.8) is 0 Å². The number of carbonyl (C=O) groups excluding carboxylic acids is 1. The van der Waals surface area contributed by atoms with Gasteiger partial charge in [-0.1, -0.05) is 58.8 Å². The fraction of sp³-hybridized carbons (Fsp3) is 0.941. The molecule has 0 aromatic heterocycles. The van der Waals surface area contributed by atoms with Gasteiger partial charge in [0.2, 0.25) is 5.91 Å². The van der Waals surface area contributed by atoms with Crippen molar-refractivity contribution in [2.45, 2.75) is 97.4 Å². The standard InChI is InChI=1S/C17H35NO/c1-6-8-10-11-12-13-14-16(19)18(5)17(3,4)15-9-7-2/h6-15H2,1-5H3. The highest BCUT2D eigenvalue weighted by molar-refractivity contribution is 5.76. The predicted octanol–water partition coefficient (Wildman–Crippen LogP) is 5.16. The Hall–Kier alpha value is -0.530. The molecule has 2 nitrogen and oxygen atoms in total. The van der Waals surface area contributed by atoms with Crippen LogP contribution in [0.2, 0.25) is 0 Å². The van der Waals surface area contributed by atoms with Crippen LogP contribution >= 0.6 is 0 Å². The third-order valence-corrected chi connectivity index (χ3v) is 4.17. The van der Waals surface area contributed by atoms with Gasteiger partial charge in [0, 0.05) is 19.0 Å². The Bertz CT molecular complexity index is 235. The normalized spacial score (nSPS) is 11.6. The lowest BCUT2D eigenvalue weighted by Crippen LogP contribution is -2.44. The third-order valence-electron chi connectivity index (χ3n) is 4.17. The predicted molar refractivity (Wildman–Crippen MR) is 84.4 cm³/mol. The summed E-state index contributed by atoms with van der Waals surface area (Å²) >= 11 is 0. The van der Waals surface area contributed by atoms with Crippen LogP contribution in [0.1, 0.15) is 91.9 Å². The van der Waals surface area contributed by atoms with Crippen LogP contribution in [0.4, 0.5) is 0 Å². The Morgan fingerprint density at radius 2 is 1.42 bits per heavy atom. The first-order valence-electron chi connectivity index (χ1n) is 8.22. The minimum Gasteiger partial charge on any atom is -0.341 e. The Labute approximate surface area is 120 Å². The molecule has 0 fully saturated rings. The molecule has 0 atom stereocenters. The summed E-state index contributed by atoms with van der Waals surface area (Å²) in [5.41, 5.74) is 0.00923. The molecular weight excluding hydrogens is 234 g/mol. The number of hydrogen-bond donors (Lipinski definition) is 0. The molecule has 0 saturated heterocycles. The summed E-state index contributed by atoms with van der Waals surface area (Å²) in [7, 11) is 1.97. The van der Waals surface area contributed by atoms with E-state index >= 15 is 0 Å². The van der Waals surface area contributed by atoms with Gasteiger partial charge in [0.05, 0.1) is 0 Å². The first-order chi connectivity index (χ1) is 8.95. The highest BCUT2D eigenvalue weighted by atomic mass is 16.2. The van der Waals surface area contributed by atoms with Gasteiger partial charge >= 0.3 is 0 Å². The highest BCUT2D eigenvalue weighted by Crippen LogP contribution is 2.21. The van der Waals surface area contributed by atoms with Gasteiger partial charge in [-0.2, -0.15) is 0 Å². The van der Waals surface area contributed by atoms with E-state index in [1.165, 1.54) is 44.9 Å². The molecule has 2 heteroatoms. The van der Waals surface area contributed by atoms with Gasteiger partial charge < -0.3 is 4.90 Å². The quantitative estimate of drug-likeness (QED) is 0.474. The molecule has 0 unspecified atom stereocenters. The zero-order valence-electron chi connectivity index (χ0n) is 13.9. The summed E-state index contributed by atoms with van der Waals surface area (Å²) in [6.45, 7) is 8.80. The van der Waals surface area contributed by atoms with E-state index in [4.69, 9.17) is 0 Å². The Balaban J connectivity index is 3.86. The van der Waals surface area contributed by atoms with E-state index in [9.17, 15) is 4.79 Å². The second-order valence-corrected chi connectivity index (χ2v) is 6.39. The first kappa shape index (κ1) is 18.5. The summed E-state index contributed by atoms with van der Waals surface area (Å²) in [4.78, 5) is 14.1. The molecule has 0 heterocycles. The molecule has 0 radical (unpaired) electrons. The summed E-state index contributed by atoms with van der Waals surface area (Å²) in [6.07, 6.45) is 11.7. The lowest BCUT2D eigenvalue weighted by atomic mass is 9.95. The molecule has 0 aliphatic rings. The molecule has 0 bridgehead atoms. The number of carbonyl (C=O) groups is 1. The zero-order chi connectivity index (χ0) is 14.7. The number of amides is 1. The van der Waals surface area contributed by atoms with Crippen molar-refractivity contribution in [1.82, 2.24) is 4.90 Å². The SMILES string of the molecule is CCCCCCCCC(=O)N(C)C(C)(C)CCCC. The van der Waals surface area contributed by atoms with E-state index < -0.39 is 0 Å². The largest absolute Gasteiger partial charge is 0.341 e. The number of rotatable bonds is 11. The number of hydrogen-bond acceptors (Lipinski definition) is 1. The van der Waals surface area contributed by atoms with Crippen LogP contribution in [0.5, 0.6) is 0 Å². The molecule has 0 spiro atoms. The highest BCUT2D eigenvalue weighted by Gasteiger charge is 2.26. The van der Waals surface area contributed by atoms with Crippen LogP contribution in [0.15, 0.2) is 0 Å². The lowest BCUT2D eigenvalue weighted by Gasteiger charge is -2.36. The zero-order valence-corrected chi connectivity index (χ0v) is 13.9. The summed E-state index contributed by atoms with van der Waals surface area (Å²) in [5, 5.41) is 0. The van der Waals surface area contributed by atoms with E-state index in [0.717, 1.165) is 19.3 Å². The molecule has 0 aromatic carbocycles. The van der Waals surface area contributed by atoms with Crippen LogP contribution in [0.3, 0.4) is 0 Å². The van der Waals surface area contributed by atoms with E-state index in [-0.39, 0.29) is 5.54 Å². The average Bonchev–Trinajstić information content (AvgIpc) is 2.39. The topological polar surface area (TPSA) is 20.3 Å². The van der Waals surface area contributed by atoms with Crippen LogP contribution in [-0.4, -0.2) is 23.4 Å². The van der Waals surface area contributed by atoms with E-state index in [1.807, 2.05) is 11.9 Å². The minimum absolute atomic E-state index is 0.00923. The molecule has 0 aromatic rings. The third kappa shape index (κ3) is 8.28. The molecule has 0 aliphatic heterocycles. The van der Waals surface area contributed by atoms with Gasteiger partial charge in [-0.05, 0) is 26.7 Å². The van der Waals surface area contributed by atoms with Gasteiger partial charge in [0.15, 0.2) is 0 Å². The van der Waals surface area contributed by atoms with Crippen LogP contribution in [0, 0.1) is 0 Å². The monoisotopic (exact) mass is 269 g/mol. The van der Waals surface area contributed by atoms with Crippen molar-refractivity contribution in [1.29, 1.82) is 0 Å². The van der Waals surface area contributed by atoms with Crippen molar-refractivity contribution in [3.05, 3.63) is 0 Å². The first-order valence-corrected chi connectivity index (χ1v) is 8.22. The molecule has 0 aliphatic carbocycles. The summed E-state index contributed by atoms with van der Waals surface area (Å²) < 4.78 is 0. The maximum Gasteiger partial charge on any atom is 0.222 e. The molecule has 19 heavy (non-hydrogen) atoms. The molecule has 0 N–H and O–H groups in total. The van der Waals surface area contributed by atoms with Crippen molar-refractivity contribution in [3.8, 4) is 0 Å². The number of nitrogens with zero attached hydrogens (tertiary/aromatic N) is 1. The second-order valence-electron chi connectivity index (χ2n) is 6.39. The van der Waals surface area contributed by atoms with E-state index in [2.05, 4.69) is 27.7 Å². The minimum atomic E-state index is 0.00923. The molecule has 114 valence electrons. The van der Waals surface area contributed by atoms with Crippen molar-refractivity contribution in [2.75, 3.05) is 7.05 Å². The van der Waals surface area contributed by atoms with E-state index in [0.29, 0.717) is 5.91 Å². The molecular formula is C17H35NO. The van der Waals surface area contributed by atoms with Crippen LogP contribution in [0.25, 0.3) is 0 Å². The maximum atomic E-state index is 12.2.